The molecule has 0 radical (unpaired) electrons. The van der Waals surface area contributed by atoms with Crippen LogP contribution in [-0.4, -0.2) is 14.9 Å². The molecule has 1 aromatic rings. The molecule has 0 saturated carbocycles. The van der Waals surface area contributed by atoms with Gasteiger partial charge in [0.05, 0.1) is 0 Å². The lowest BCUT2D eigenvalue weighted by molar-refractivity contribution is -0.0390. The summed E-state index contributed by atoms with van der Waals surface area (Å²) in [5, 5.41) is -2.06. The van der Waals surface area contributed by atoms with Crippen LogP contribution in [0.1, 0.15) is 13.9 Å². The zero-order chi connectivity index (χ0) is 12.4. The van der Waals surface area contributed by atoms with Gasteiger partial charge in [-0.3, -0.25) is 4.21 Å². The first-order valence-electron chi connectivity index (χ1n) is 4.76. The lowest BCUT2D eigenvalue weighted by Gasteiger charge is -2.13. The van der Waals surface area contributed by atoms with Gasteiger partial charge in [0.15, 0.2) is 0 Å². The van der Waals surface area contributed by atoms with E-state index in [1.54, 1.807) is 30.3 Å². The van der Waals surface area contributed by atoms with Crippen molar-refractivity contribution in [3.05, 3.63) is 35.9 Å². The summed E-state index contributed by atoms with van der Waals surface area (Å²) >= 11 is 0. The molecule has 15 heavy (non-hydrogen) atoms. The molecule has 1 nitrogen and oxygen atoms in total. The average molecular weight is 237 g/mol. The minimum Gasteiger partial charge on any atom is -0.250 e. The Morgan fingerprint density at radius 2 is 1.93 bits per heavy atom. The first-order valence-corrected chi connectivity index (χ1v) is 5.41. The predicted molar refractivity (Wildman–Crippen MR) is 53.8 cm³/mol. The van der Waals surface area contributed by atoms with Crippen molar-refractivity contribution in [3.63, 3.8) is 0 Å². The van der Waals surface area contributed by atoms with E-state index in [9.17, 15) is 17.4 Å². The van der Waals surface area contributed by atoms with Crippen molar-refractivity contribution in [2.45, 2.75) is 24.1 Å². The Labute approximate surface area is 90.2 Å². The number of hydrogen-bond donors (Lipinski definition) is 0. The van der Waals surface area contributed by atoms with Gasteiger partial charge in [-0.05, 0) is 12.0 Å². The van der Waals surface area contributed by atoms with Crippen LogP contribution in [0.3, 0.4) is 0 Å². The van der Waals surface area contributed by atoms with Gasteiger partial charge in [-0.2, -0.15) is 13.2 Å². The number of rotatable bonds is 3. The summed E-state index contributed by atoms with van der Waals surface area (Å²) in [6.45, 7) is 1.03. The Morgan fingerprint density at radius 3 is 2.40 bits per heavy atom. The minimum atomic E-state index is -4.84. The van der Waals surface area contributed by atoms with Crippen LogP contribution in [0.5, 0.6) is 0 Å². The second-order valence-corrected chi connectivity index (χ2v) is 4.78. The number of alkyl halides is 3. The summed E-state index contributed by atoms with van der Waals surface area (Å²) in [6, 6.07) is 8.29. The Hall–Kier alpha value is -0.840. The highest BCUT2D eigenvalue weighted by Crippen LogP contribution is 2.24. The molecule has 0 bridgehead atoms. The van der Waals surface area contributed by atoms with E-state index < -0.39 is 21.5 Å². The second-order valence-electron chi connectivity index (χ2n) is 3.08. The molecule has 2 unspecified atom stereocenters. The Morgan fingerprint density at radius 1 is 1.40 bits per heavy atom. The fourth-order valence-electron chi connectivity index (χ4n) is 1.15. The monoisotopic (exact) mass is 237 g/mol. The molecule has 0 aliphatic carbocycles. The average Bonchev–Trinajstić information content (AvgIpc) is 2.16. The van der Waals surface area contributed by atoms with Gasteiger partial charge in [-0.25, -0.2) is 0 Å². The molecule has 0 N–H and O–H groups in total. The third kappa shape index (κ3) is 3.66. The molecule has 5 heteroatoms. The molecule has 0 aliphatic heterocycles. The number of benzene rings is 1. The minimum absolute atomic E-state index is 0.194. The van der Waals surface area contributed by atoms with E-state index in [4.69, 9.17) is 1.37 Å². The molecule has 0 aliphatic rings. The summed E-state index contributed by atoms with van der Waals surface area (Å²) in [5.74, 6) is 0. The van der Waals surface area contributed by atoms with Crippen LogP contribution < -0.4 is 0 Å². The van der Waals surface area contributed by atoms with Gasteiger partial charge in [-0.15, -0.1) is 0 Å². The van der Waals surface area contributed by atoms with E-state index in [1.807, 2.05) is 0 Å². The molecule has 0 spiro atoms. The first kappa shape index (κ1) is 10.7. The van der Waals surface area contributed by atoms with E-state index in [-0.39, 0.29) is 6.42 Å². The van der Waals surface area contributed by atoms with Gasteiger partial charge in [0.1, 0.15) is 10.8 Å². The lowest BCUT2D eigenvalue weighted by atomic mass is 10.1. The van der Waals surface area contributed by atoms with Crippen LogP contribution in [0.4, 0.5) is 13.2 Å². The normalized spacial score (nSPS) is 19.1. The predicted octanol–water partition coefficient (Wildman–Crippen LogP) is 2.89. The Kier molecular flexibility index (Phi) is 3.41. The van der Waals surface area contributed by atoms with E-state index in [0.29, 0.717) is 5.56 Å². The van der Waals surface area contributed by atoms with Gasteiger partial charge < -0.3 is 0 Å². The SMILES string of the molecule is [2H]C(C)(Cc1ccccc1)S(=O)C(F)(F)F. The van der Waals surface area contributed by atoms with Crippen molar-refractivity contribution in [3.8, 4) is 0 Å². The summed E-state index contributed by atoms with van der Waals surface area (Å²) < 4.78 is 55.3. The third-order valence-corrected chi connectivity index (χ3v) is 3.02. The molecular formula is C10H11F3OS. The molecule has 0 amide bonds. The highest BCUT2D eigenvalue weighted by molar-refractivity contribution is 7.86. The molecule has 2 atom stereocenters. The maximum Gasteiger partial charge on any atom is 0.471 e. The lowest BCUT2D eigenvalue weighted by Crippen LogP contribution is -2.27. The van der Waals surface area contributed by atoms with Gasteiger partial charge in [0.2, 0.25) is 0 Å². The summed E-state index contributed by atoms with van der Waals surface area (Å²) in [7, 11) is -3.18. The number of hydrogen-bond acceptors (Lipinski definition) is 1. The van der Waals surface area contributed by atoms with Crippen molar-refractivity contribution in [2.24, 2.45) is 0 Å². The first-order chi connectivity index (χ1) is 7.23. The van der Waals surface area contributed by atoms with Crippen LogP contribution in [0.2, 0.25) is 0 Å². The standard InChI is InChI=1S/C10H11F3OS/c1-8(15(14)10(11,12)13)7-9-5-3-2-4-6-9/h2-6,8H,7H2,1H3/i8D. The van der Waals surface area contributed by atoms with Crippen molar-refractivity contribution in [2.75, 3.05) is 0 Å². The highest BCUT2D eigenvalue weighted by Gasteiger charge is 2.39. The molecule has 1 aromatic carbocycles. The van der Waals surface area contributed by atoms with Crippen LogP contribution in [-0.2, 0) is 17.2 Å². The van der Waals surface area contributed by atoms with E-state index in [2.05, 4.69) is 0 Å². The van der Waals surface area contributed by atoms with Gasteiger partial charge >= 0.3 is 5.51 Å². The van der Waals surface area contributed by atoms with Crippen LogP contribution in [0.25, 0.3) is 0 Å². The van der Waals surface area contributed by atoms with E-state index in [1.165, 1.54) is 0 Å². The molecule has 0 heterocycles. The summed E-state index contributed by atoms with van der Waals surface area (Å²) in [4.78, 5) is 0. The highest BCUT2D eigenvalue weighted by atomic mass is 32.2. The molecule has 1 rings (SSSR count). The van der Waals surface area contributed by atoms with Gasteiger partial charge in [0.25, 0.3) is 0 Å². The van der Waals surface area contributed by atoms with Crippen molar-refractivity contribution >= 4 is 10.8 Å². The Balaban J connectivity index is 2.84. The van der Waals surface area contributed by atoms with Crippen molar-refractivity contribution < 1.29 is 18.8 Å². The Bertz CT molecular complexity index is 375. The van der Waals surface area contributed by atoms with E-state index >= 15 is 0 Å². The van der Waals surface area contributed by atoms with Crippen LogP contribution in [0, 0.1) is 0 Å². The van der Waals surface area contributed by atoms with Crippen molar-refractivity contribution in [1.82, 2.24) is 0 Å². The largest absolute Gasteiger partial charge is 0.471 e. The molecule has 0 saturated heterocycles. The van der Waals surface area contributed by atoms with Gasteiger partial charge in [0, 0.05) is 6.60 Å². The molecule has 0 fully saturated rings. The zero-order valence-electron chi connectivity index (χ0n) is 9.04. The maximum atomic E-state index is 12.2. The van der Waals surface area contributed by atoms with Gasteiger partial charge in [-0.1, -0.05) is 37.3 Å². The fourth-order valence-corrected chi connectivity index (χ4v) is 1.84. The molecular weight excluding hydrogens is 225 g/mol. The van der Waals surface area contributed by atoms with Crippen LogP contribution in [0.15, 0.2) is 30.3 Å². The zero-order valence-corrected chi connectivity index (χ0v) is 8.86. The van der Waals surface area contributed by atoms with E-state index in [0.717, 1.165) is 6.92 Å². The maximum absolute atomic E-state index is 12.2. The quantitative estimate of drug-likeness (QED) is 0.790. The topological polar surface area (TPSA) is 17.1 Å². The fraction of sp³-hybridized carbons (Fsp3) is 0.400. The number of halogens is 3. The molecule has 84 valence electrons. The summed E-state index contributed by atoms with van der Waals surface area (Å²) in [5.41, 5.74) is -4.27. The molecule has 0 aromatic heterocycles. The third-order valence-electron chi connectivity index (χ3n) is 1.82. The van der Waals surface area contributed by atoms with Crippen molar-refractivity contribution in [1.29, 1.82) is 0 Å². The summed E-state index contributed by atoms with van der Waals surface area (Å²) in [6.07, 6.45) is -0.194. The smallest absolute Gasteiger partial charge is 0.250 e. The van der Waals surface area contributed by atoms with Crippen LogP contribution >= 0.6 is 0 Å². The second kappa shape index (κ2) is 4.79.